The van der Waals surface area contributed by atoms with Crippen LogP contribution in [0.5, 0.6) is 0 Å². The van der Waals surface area contributed by atoms with Gasteiger partial charge in [0.25, 0.3) is 0 Å². The van der Waals surface area contributed by atoms with Gasteiger partial charge in [0.1, 0.15) is 0 Å². The molecule has 0 aliphatic carbocycles. The van der Waals surface area contributed by atoms with Crippen LogP contribution in [-0.2, 0) is 4.74 Å². The molecule has 114 valence electrons. The molecule has 22 heavy (non-hydrogen) atoms. The minimum atomic E-state index is -1.26. The van der Waals surface area contributed by atoms with E-state index in [9.17, 15) is 4.39 Å². The van der Waals surface area contributed by atoms with E-state index in [4.69, 9.17) is 4.74 Å². The molecule has 0 N–H and O–H groups in total. The number of hydrogen-bond acceptors (Lipinski definition) is 4. The van der Waals surface area contributed by atoms with Gasteiger partial charge in [0.2, 0.25) is 0 Å². The minimum Gasteiger partial charge on any atom is -0.381 e. The van der Waals surface area contributed by atoms with Crippen LogP contribution in [-0.4, -0.2) is 35.2 Å². The summed E-state index contributed by atoms with van der Waals surface area (Å²) < 4.78 is 20.3. The molecule has 0 aromatic carbocycles. The molecule has 1 atom stereocenters. The molecule has 1 unspecified atom stereocenters. The molecule has 6 heteroatoms. The number of ether oxygens (including phenoxy) is 1. The van der Waals surface area contributed by atoms with E-state index in [-0.39, 0.29) is 6.61 Å². The summed E-state index contributed by atoms with van der Waals surface area (Å²) in [5, 5.41) is 4.22. The first-order valence-corrected chi connectivity index (χ1v) is 6.63. The van der Waals surface area contributed by atoms with E-state index in [0.29, 0.717) is 17.1 Å². The number of aliphatic imine (C=N–C) groups is 1. The maximum Gasteiger partial charge on any atom is 0.165 e. The van der Waals surface area contributed by atoms with Gasteiger partial charge in [0, 0.05) is 18.9 Å². The molecule has 0 radical (unpaired) electrons. The van der Waals surface area contributed by atoms with Crippen molar-refractivity contribution in [2.75, 3.05) is 13.7 Å². The second-order valence-electron chi connectivity index (χ2n) is 4.48. The van der Waals surface area contributed by atoms with Crippen LogP contribution in [0.15, 0.2) is 54.4 Å². The number of pyridine rings is 1. The second-order valence-corrected chi connectivity index (χ2v) is 4.48. The highest BCUT2D eigenvalue weighted by molar-refractivity contribution is 5.62. The predicted molar refractivity (Wildman–Crippen MR) is 85.2 cm³/mol. The predicted octanol–water partition coefficient (Wildman–Crippen LogP) is 3.29. The van der Waals surface area contributed by atoms with Crippen molar-refractivity contribution in [3.05, 3.63) is 55.1 Å². The van der Waals surface area contributed by atoms with E-state index in [0.717, 1.165) is 5.56 Å². The Morgan fingerprint density at radius 1 is 1.55 bits per heavy atom. The normalized spacial score (nSPS) is 12.9. The molecule has 2 aromatic heterocycles. The summed E-state index contributed by atoms with van der Waals surface area (Å²) >= 11 is 0. The Morgan fingerprint density at radius 2 is 2.36 bits per heavy atom. The molecule has 5 nitrogen and oxygen atoms in total. The van der Waals surface area contributed by atoms with Gasteiger partial charge in [-0.05, 0) is 24.9 Å². The van der Waals surface area contributed by atoms with Crippen LogP contribution in [0, 0.1) is 0 Å². The van der Waals surface area contributed by atoms with Gasteiger partial charge < -0.3 is 4.74 Å². The molecular formula is C16H17FN4O. The molecule has 0 aliphatic rings. The molecule has 0 saturated carbocycles. The van der Waals surface area contributed by atoms with Crippen molar-refractivity contribution in [2.24, 2.45) is 4.99 Å². The van der Waals surface area contributed by atoms with Gasteiger partial charge >= 0.3 is 0 Å². The standard InChI is InChI=1S/C16H17FN4O/c1-4-13(9-18-2)21-10-12(8-19-21)15-6-5-7-16(20-15)14(17)11-22-3/h4-10,14H,1-2,11H2,3H3/b13-9+. The Bertz CT molecular complexity index is 693. The Morgan fingerprint density at radius 3 is 3.05 bits per heavy atom. The lowest BCUT2D eigenvalue weighted by molar-refractivity contribution is 0.122. The largest absolute Gasteiger partial charge is 0.381 e. The Kier molecular flexibility index (Phi) is 5.32. The number of alkyl halides is 1. The topological polar surface area (TPSA) is 52.3 Å². The van der Waals surface area contributed by atoms with E-state index in [1.54, 1.807) is 47.6 Å². The Hall–Kier alpha value is -2.60. The lowest BCUT2D eigenvalue weighted by Crippen LogP contribution is -2.03. The quantitative estimate of drug-likeness (QED) is 0.582. The first-order chi connectivity index (χ1) is 10.7. The third-order valence-electron chi connectivity index (χ3n) is 2.98. The van der Waals surface area contributed by atoms with Crippen LogP contribution >= 0.6 is 0 Å². The first kappa shape index (κ1) is 15.8. The maximum atomic E-state index is 13.9. The lowest BCUT2D eigenvalue weighted by atomic mass is 10.2. The lowest BCUT2D eigenvalue weighted by Gasteiger charge is -2.07. The second kappa shape index (κ2) is 7.42. The van der Waals surface area contributed by atoms with Gasteiger partial charge in [0.05, 0.1) is 36.1 Å². The van der Waals surface area contributed by atoms with Crippen LogP contribution in [0.4, 0.5) is 4.39 Å². The highest BCUT2D eigenvalue weighted by Gasteiger charge is 2.13. The molecule has 0 bridgehead atoms. The summed E-state index contributed by atoms with van der Waals surface area (Å²) in [5.74, 6) is 0. The molecular weight excluding hydrogens is 283 g/mol. The maximum absolute atomic E-state index is 13.9. The van der Waals surface area contributed by atoms with Crippen molar-refractivity contribution in [3.8, 4) is 11.3 Å². The highest BCUT2D eigenvalue weighted by Crippen LogP contribution is 2.22. The summed E-state index contributed by atoms with van der Waals surface area (Å²) in [7, 11) is 1.46. The molecule has 0 fully saturated rings. The summed E-state index contributed by atoms with van der Waals surface area (Å²) in [6.07, 6.45) is 5.33. The van der Waals surface area contributed by atoms with Crippen molar-refractivity contribution in [2.45, 2.75) is 6.17 Å². The van der Waals surface area contributed by atoms with Crippen LogP contribution < -0.4 is 0 Å². The van der Waals surface area contributed by atoms with Gasteiger partial charge in [-0.2, -0.15) is 5.10 Å². The number of aromatic nitrogens is 3. The summed E-state index contributed by atoms with van der Waals surface area (Å²) in [6, 6.07) is 5.19. The number of nitrogens with zero attached hydrogens (tertiary/aromatic N) is 4. The smallest absolute Gasteiger partial charge is 0.165 e. The van der Waals surface area contributed by atoms with E-state index in [2.05, 4.69) is 28.4 Å². The van der Waals surface area contributed by atoms with Gasteiger partial charge in [-0.15, -0.1) is 0 Å². The summed E-state index contributed by atoms with van der Waals surface area (Å²) in [6.45, 7) is 7.08. The van der Waals surface area contributed by atoms with Gasteiger partial charge in [-0.3, -0.25) is 4.99 Å². The monoisotopic (exact) mass is 300 g/mol. The third kappa shape index (κ3) is 3.53. The van der Waals surface area contributed by atoms with Crippen LogP contribution in [0.3, 0.4) is 0 Å². The van der Waals surface area contributed by atoms with Crippen molar-refractivity contribution in [3.63, 3.8) is 0 Å². The molecule has 0 amide bonds. The number of hydrogen-bond donors (Lipinski definition) is 0. The van der Waals surface area contributed by atoms with E-state index >= 15 is 0 Å². The SMILES string of the molecule is C=C/C(=C\N=C)n1cc(-c2cccc(C(F)COC)n2)cn1. The molecule has 0 spiro atoms. The number of methoxy groups -OCH3 is 1. The zero-order chi connectivity index (χ0) is 15.9. The Balaban J connectivity index is 2.31. The fourth-order valence-electron chi connectivity index (χ4n) is 1.91. The molecule has 2 aromatic rings. The van der Waals surface area contributed by atoms with Crippen molar-refractivity contribution in [1.29, 1.82) is 0 Å². The van der Waals surface area contributed by atoms with E-state index in [1.807, 2.05) is 0 Å². The van der Waals surface area contributed by atoms with Crippen molar-refractivity contribution < 1.29 is 9.13 Å². The molecule has 0 aliphatic heterocycles. The van der Waals surface area contributed by atoms with Crippen LogP contribution in [0.2, 0.25) is 0 Å². The molecule has 2 heterocycles. The average molecular weight is 300 g/mol. The average Bonchev–Trinajstić information content (AvgIpc) is 3.02. The fraction of sp³-hybridized carbons (Fsp3) is 0.188. The third-order valence-corrected chi connectivity index (χ3v) is 2.98. The fourth-order valence-corrected chi connectivity index (χ4v) is 1.91. The van der Waals surface area contributed by atoms with Gasteiger partial charge in [-0.1, -0.05) is 12.6 Å². The number of halogens is 1. The van der Waals surface area contributed by atoms with Crippen molar-refractivity contribution in [1.82, 2.24) is 14.8 Å². The van der Waals surface area contributed by atoms with E-state index in [1.165, 1.54) is 7.11 Å². The number of allylic oxidation sites excluding steroid dienone is 2. The zero-order valence-electron chi connectivity index (χ0n) is 12.3. The highest BCUT2D eigenvalue weighted by atomic mass is 19.1. The zero-order valence-corrected chi connectivity index (χ0v) is 12.3. The van der Waals surface area contributed by atoms with Crippen LogP contribution in [0.1, 0.15) is 11.9 Å². The van der Waals surface area contributed by atoms with Crippen LogP contribution in [0.25, 0.3) is 17.0 Å². The van der Waals surface area contributed by atoms with Crippen molar-refractivity contribution >= 4 is 12.4 Å². The van der Waals surface area contributed by atoms with Gasteiger partial charge in [-0.25, -0.2) is 14.1 Å². The number of rotatable bonds is 7. The van der Waals surface area contributed by atoms with Gasteiger partial charge in [0.15, 0.2) is 6.17 Å². The minimum absolute atomic E-state index is 0.0237. The Labute approximate surface area is 128 Å². The summed E-state index contributed by atoms with van der Waals surface area (Å²) in [5.41, 5.74) is 2.42. The first-order valence-electron chi connectivity index (χ1n) is 6.63. The molecule has 2 rings (SSSR count). The molecule has 0 saturated heterocycles. The van der Waals surface area contributed by atoms with E-state index < -0.39 is 6.17 Å². The summed E-state index contributed by atoms with van der Waals surface area (Å²) in [4.78, 5) is 8.02.